The van der Waals surface area contributed by atoms with Crippen molar-refractivity contribution in [1.29, 1.82) is 0 Å². The Morgan fingerprint density at radius 2 is 2.00 bits per heavy atom. The van der Waals surface area contributed by atoms with E-state index in [4.69, 9.17) is 0 Å². The van der Waals surface area contributed by atoms with Crippen LogP contribution in [0.5, 0.6) is 0 Å². The van der Waals surface area contributed by atoms with Crippen LogP contribution in [-0.2, 0) is 4.79 Å². The third-order valence-corrected chi connectivity index (χ3v) is 9.14. The number of aldehydes is 1. The summed E-state index contributed by atoms with van der Waals surface area (Å²) in [6, 6.07) is 8.38. The van der Waals surface area contributed by atoms with Crippen molar-refractivity contribution in [3.63, 3.8) is 0 Å². The Bertz CT molecular complexity index is 1080. The number of hydrogen-bond donors (Lipinski definition) is 1. The number of nitrogens with zero attached hydrogens (tertiary/aromatic N) is 2. The molecule has 6 atom stereocenters. The van der Waals surface area contributed by atoms with Gasteiger partial charge in [0.15, 0.2) is 0 Å². The summed E-state index contributed by atoms with van der Waals surface area (Å²) in [5.74, 6) is 1.53. The zero-order valence-corrected chi connectivity index (χ0v) is 17.6. The quantitative estimate of drug-likeness (QED) is 0.569. The smallest absolute Gasteiger partial charge is 0.130 e. The minimum atomic E-state index is -0.325. The monoisotopic (exact) mass is 402 g/mol. The van der Waals surface area contributed by atoms with Crippen LogP contribution >= 0.6 is 0 Å². The second-order valence-electron chi connectivity index (χ2n) is 10.3. The van der Waals surface area contributed by atoms with Crippen LogP contribution in [0.1, 0.15) is 51.9 Å². The van der Waals surface area contributed by atoms with Gasteiger partial charge in [0.1, 0.15) is 12.6 Å². The van der Waals surface area contributed by atoms with Gasteiger partial charge in [-0.05, 0) is 74.8 Å². The molecule has 30 heavy (non-hydrogen) atoms. The molecule has 1 aromatic carbocycles. The molecule has 156 valence electrons. The Kier molecular flexibility index (Phi) is 3.96. The molecule has 3 unspecified atom stereocenters. The van der Waals surface area contributed by atoms with Crippen LogP contribution in [-0.4, -0.2) is 27.0 Å². The highest BCUT2D eigenvalue weighted by atomic mass is 16.3. The van der Waals surface area contributed by atoms with Crippen LogP contribution < -0.4 is 0 Å². The van der Waals surface area contributed by atoms with Gasteiger partial charge < -0.3 is 14.5 Å². The van der Waals surface area contributed by atoms with E-state index in [1.807, 2.05) is 12.4 Å². The Balaban J connectivity index is 1.38. The van der Waals surface area contributed by atoms with Gasteiger partial charge in [0.25, 0.3) is 0 Å². The number of aromatic nitrogens is 2. The highest BCUT2D eigenvalue weighted by Crippen LogP contribution is 2.65. The lowest BCUT2D eigenvalue weighted by atomic mass is 9.47. The molecule has 4 nitrogen and oxygen atoms in total. The normalized spacial score (nSPS) is 40.2. The molecule has 1 heterocycles. The number of rotatable bonds is 2. The molecule has 2 saturated carbocycles. The van der Waals surface area contributed by atoms with Crippen molar-refractivity contribution in [2.45, 2.75) is 58.0 Å². The maximum Gasteiger partial charge on any atom is 0.130 e. The summed E-state index contributed by atoms with van der Waals surface area (Å²) in [5.41, 5.74) is 4.65. The van der Waals surface area contributed by atoms with Crippen LogP contribution in [0.4, 0.5) is 0 Å². The molecule has 1 N–H and O–H groups in total. The average Bonchev–Trinajstić information content (AvgIpc) is 3.33. The minimum Gasteiger partial charge on any atom is -0.393 e. The molecule has 0 spiro atoms. The third kappa shape index (κ3) is 2.31. The fraction of sp³-hybridized carbons (Fsp3) is 0.538. The molecule has 1 aromatic heterocycles. The molecule has 2 aromatic rings. The van der Waals surface area contributed by atoms with Gasteiger partial charge in [-0.1, -0.05) is 36.8 Å². The van der Waals surface area contributed by atoms with Crippen LogP contribution in [0.2, 0.25) is 0 Å². The van der Waals surface area contributed by atoms with Gasteiger partial charge >= 0.3 is 0 Å². The van der Waals surface area contributed by atoms with Crippen molar-refractivity contribution in [2.75, 3.05) is 0 Å². The van der Waals surface area contributed by atoms with Crippen molar-refractivity contribution in [1.82, 2.24) is 9.55 Å². The van der Waals surface area contributed by atoms with E-state index in [-0.39, 0.29) is 16.9 Å². The standard InChI is InChI=1S/C26H30N2O2/c1-25-12-11-21-19(7-6-17-14-18(30)10-13-26(17,21)15-29)20(25)8-9-24(25)28-16-27-22-4-2-3-5-23(22)28/h2-6,9,15-16,18-21,30H,7-8,10-14H2,1H3/t18-,19?,20?,21?,25-,26+/m0/s1. The van der Waals surface area contributed by atoms with Crippen LogP contribution in [0.3, 0.4) is 0 Å². The maximum atomic E-state index is 12.5. The van der Waals surface area contributed by atoms with Crippen LogP contribution in [0.25, 0.3) is 16.7 Å². The second-order valence-corrected chi connectivity index (χ2v) is 10.3. The lowest BCUT2D eigenvalue weighted by molar-refractivity contribution is -0.125. The summed E-state index contributed by atoms with van der Waals surface area (Å²) < 4.78 is 2.31. The van der Waals surface area contributed by atoms with E-state index in [9.17, 15) is 9.90 Å². The summed E-state index contributed by atoms with van der Waals surface area (Å²) >= 11 is 0. The third-order valence-electron chi connectivity index (χ3n) is 9.14. The largest absolute Gasteiger partial charge is 0.393 e. The summed E-state index contributed by atoms with van der Waals surface area (Å²) in [7, 11) is 0. The number of carbonyl (C=O) groups excluding carboxylic acids is 1. The first-order chi connectivity index (χ1) is 14.6. The zero-order chi connectivity index (χ0) is 20.5. The van der Waals surface area contributed by atoms with E-state index in [2.05, 4.69) is 46.8 Å². The fourth-order valence-corrected chi connectivity index (χ4v) is 7.63. The van der Waals surface area contributed by atoms with E-state index >= 15 is 0 Å². The summed E-state index contributed by atoms with van der Waals surface area (Å²) in [6.45, 7) is 2.44. The number of hydrogen-bond acceptors (Lipinski definition) is 3. The predicted molar refractivity (Wildman–Crippen MR) is 117 cm³/mol. The van der Waals surface area contributed by atoms with Gasteiger partial charge in [0.2, 0.25) is 0 Å². The van der Waals surface area contributed by atoms with Gasteiger partial charge in [0, 0.05) is 11.1 Å². The van der Waals surface area contributed by atoms with E-state index in [0.29, 0.717) is 24.2 Å². The van der Waals surface area contributed by atoms with Crippen LogP contribution in [0.15, 0.2) is 48.3 Å². The molecule has 6 rings (SSSR count). The Hall–Kier alpha value is -2.20. The topological polar surface area (TPSA) is 55.1 Å². The van der Waals surface area contributed by atoms with Gasteiger partial charge in [-0.25, -0.2) is 4.98 Å². The average molecular weight is 403 g/mol. The van der Waals surface area contributed by atoms with Gasteiger partial charge in [-0.3, -0.25) is 0 Å². The Morgan fingerprint density at radius 3 is 2.87 bits per heavy atom. The molecule has 0 amide bonds. The first kappa shape index (κ1) is 18.6. The molecule has 2 fully saturated rings. The highest BCUT2D eigenvalue weighted by molar-refractivity contribution is 5.80. The first-order valence-electron chi connectivity index (χ1n) is 11.5. The number of benzene rings is 1. The molecular formula is C26H30N2O2. The minimum absolute atomic E-state index is 0.119. The van der Waals surface area contributed by atoms with E-state index in [0.717, 1.165) is 44.0 Å². The number of aliphatic hydroxyl groups is 1. The number of allylic oxidation sites excluding steroid dienone is 3. The maximum absolute atomic E-state index is 12.5. The summed E-state index contributed by atoms with van der Waals surface area (Å²) in [5, 5.41) is 10.2. The van der Waals surface area contributed by atoms with Crippen molar-refractivity contribution in [2.24, 2.45) is 28.6 Å². The first-order valence-corrected chi connectivity index (χ1v) is 11.5. The van der Waals surface area contributed by atoms with E-state index in [1.165, 1.54) is 23.1 Å². The van der Waals surface area contributed by atoms with Crippen molar-refractivity contribution in [3.05, 3.63) is 48.3 Å². The molecular weight excluding hydrogens is 372 g/mol. The number of carbonyl (C=O) groups is 1. The summed E-state index contributed by atoms with van der Waals surface area (Å²) in [4.78, 5) is 17.1. The SMILES string of the molecule is C[C@]12CCC3C(CC=C4C[C@@H](O)CC[C@@]43C=O)C1CC=C2n1cnc2ccccc21. The number of para-hydroxylation sites is 2. The number of aliphatic hydroxyl groups excluding tert-OH is 1. The summed E-state index contributed by atoms with van der Waals surface area (Å²) in [6.07, 6.45) is 14.4. The van der Waals surface area contributed by atoms with Crippen LogP contribution in [0, 0.1) is 28.6 Å². The Morgan fingerprint density at radius 1 is 1.13 bits per heavy atom. The van der Waals surface area contributed by atoms with Crippen molar-refractivity contribution >= 4 is 23.0 Å². The predicted octanol–water partition coefficient (Wildman–Crippen LogP) is 4.99. The second kappa shape index (κ2) is 6.40. The van der Waals surface area contributed by atoms with E-state index < -0.39 is 0 Å². The molecule has 0 bridgehead atoms. The van der Waals surface area contributed by atoms with Gasteiger partial charge in [-0.2, -0.15) is 0 Å². The molecule has 4 aliphatic rings. The highest BCUT2D eigenvalue weighted by Gasteiger charge is 2.58. The van der Waals surface area contributed by atoms with Crippen molar-refractivity contribution in [3.8, 4) is 0 Å². The molecule has 4 aliphatic carbocycles. The van der Waals surface area contributed by atoms with Crippen molar-refractivity contribution < 1.29 is 9.90 Å². The van der Waals surface area contributed by atoms with E-state index in [1.54, 1.807) is 0 Å². The molecule has 4 heteroatoms. The zero-order valence-electron chi connectivity index (χ0n) is 17.6. The molecule has 0 aliphatic heterocycles. The molecule has 0 saturated heterocycles. The number of fused-ring (bicyclic) bond motifs is 6. The lowest BCUT2D eigenvalue weighted by Crippen LogP contribution is -2.52. The van der Waals surface area contributed by atoms with Gasteiger partial charge in [-0.15, -0.1) is 0 Å². The fourth-order valence-electron chi connectivity index (χ4n) is 7.63. The Labute approximate surface area is 177 Å². The lowest BCUT2D eigenvalue weighted by Gasteiger charge is -2.56. The van der Waals surface area contributed by atoms with Gasteiger partial charge in [0.05, 0.1) is 22.6 Å². The number of imidazole rings is 1. The molecule has 0 radical (unpaired) electrons.